The molecule has 0 aliphatic heterocycles. The van der Waals surface area contributed by atoms with Crippen molar-refractivity contribution < 1.29 is 9.47 Å². The molecule has 0 aromatic heterocycles. The zero-order valence-corrected chi connectivity index (χ0v) is 16.8. The van der Waals surface area contributed by atoms with Crippen molar-refractivity contribution in [2.75, 3.05) is 55.0 Å². The Labute approximate surface area is 152 Å². The van der Waals surface area contributed by atoms with Gasteiger partial charge < -0.3 is 25.0 Å². The van der Waals surface area contributed by atoms with Gasteiger partial charge in [0.15, 0.2) is 17.5 Å². The summed E-state index contributed by atoms with van der Waals surface area (Å²) in [4.78, 5) is 6.50. The van der Waals surface area contributed by atoms with E-state index in [4.69, 9.17) is 9.47 Å². The van der Waals surface area contributed by atoms with Crippen LogP contribution in [0.3, 0.4) is 0 Å². The van der Waals surface area contributed by atoms with Crippen LogP contribution in [0.1, 0.15) is 19.4 Å². The molecule has 0 aliphatic rings. The van der Waals surface area contributed by atoms with Crippen molar-refractivity contribution in [3.8, 4) is 11.5 Å². The third kappa shape index (κ3) is 7.65. The number of methoxy groups -OCH3 is 2. The first kappa shape index (κ1) is 21.1. The monoisotopic (exact) mass is 350 g/mol. The molecular formula is C19H34N4O2. The molecular weight excluding hydrogens is 316 g/mol. The zero-order chi connectivity index (χ0) is 18.9. The number of nitrogens with one attached hydrogen (secondary N) is 2. The van der Waals surface area contributed by atoms with Gasteiger partial charge in [-0.25, -0.2) is 0 Å². The molecule has 0 spiro atoms. The van der Waals surface area contributed by atoms with Gasteiger partial charge in [-0.3, -0.25) is 4.99 Å². The van der Waals surface area contributed by atoms with E-state index in [9.17, 15) is 0 Å². The van der Waals surface area contributed by atoms with Crippen LogP contribution in [0.15, 0.2) is 23.2 Å². The number of aliphatic imine (C=N–C) groups is 1. The lowest BCUT2D eigenvalue weighted by Crippen LogP contribution is -2.45. The molecule has 142 valence electrons. The smallest absolute Gasteiger partial charge is 0.191 e. The minimum Gasteiger partial charge on any atom is -0.493 e. The Hall–Kier alpha value is -1.95. The van der Waals surface area contributed by atoms with E-state index in [0.717, 1.165) is 43.5 Å². The summed E-state index contributed by atoms with van der Waals surface area (Å²) < 4.78 is 10.6. The SMILES string of the molecule is CN=C(NCCc1ccc(OC)c(OC)c1)NCC(C)(C)CN(C)C. The van der Waals surface area contributed by atoms with E-state index in [2.05, 4.69) is 54.5 Å². The Morgan fingerprint density at radius 1 is 1.12 bits per heavy atom. The van der Waals surface area contributed by atoms with E-state index in [0.29, 0.717) is 0 Å². The van der Waals surface area contributed by atoms with Crippen LogP contribution < -0.4 is 20.1 Å². The highest BCUT2D eigenvalue weighted by atomic mass is 16.5. The maximum atomic E-state index is 5.35. The minimum atomic E-state index is 0.171. The maximum absolute atomic E-state index is 5.35. The highest BCUT2D eigenvalue weighted by Crippen LogP contribution is 2.27. The van der Waals surface area contributed by atoms with Gasteiger partial charge in [-0.15, -0.1) is 0 Å². The zero-order valence-electron chi connectivity index (χ0n) is 16.8. The maximum Gasteiger partial charge on any atom is 0.191 e. The van der Waals surface area contributed by atoms with Crippen molar-refractivity contribution >= 4 is 5.96 Å². The second kappa shape index (κ2) is 10.1. The molecule has 0 radical (unpaired) electrons. The van der Waals surface area contributed by atoms with E-state index < -0.39 is 0 Å². The van der Waals surface area contributed by atoms with Gasteiger partial charge in [0.25, 0.3) is 0 Å². The Morgan fingerprint density at radius 2 is 1.80 bits per heavy atom. The van der Waals surface area contributed by atoms with Crippen molar-refractivity contribution in [1.29, 1.82) is 0 Å². The number of nitrogens with zero attached hydrogens (tertiary/aromatic N) is 2. The average Bonchev–Trinajstić information content (AvgIpc) is 2.56. The third-order valence-corrected chi connectivity index (χ3v) is 3.86. The van der Waals surface area contributed by atoms with Crippen molar-refractivity contribution in [2.45, 2.75) is 20.3 Å². The van der Waals surface area contributed by atoms with E-state index >= 15 is 0 Å². The molecule has 2 N–H and O–H groups in total. The van der Waals surface area contributed by atoms with Gasteiger partial charge in [-0.1, -0.05) is 19.9 Å². The number of benzene rings is 1. The first-order valence-corrected chi connectivity index (χ1v) is 8.61. The Bertz CT molecular complexity index is 556. The second-order valence-electron chi connectivity index (χ2n) is 7.19. The van der Waals surface area contributed by atoms with Crippen molar-refractivity contribution in [1.82, 2.24) is 15.5 Å². The molecule has 0 heterocycles. The number of guanidine groups is 1. The fraction of sp³-hybridized carbons (Fsp3) is 0.632. The lowest BCUT2D eigenvalue weighted by atomic mass is 9.93. The highest BCUT2D eigenvalue weighted by molar-refractivity contribution is 5.79. The Morgan fingerprint density at radius 3 is 2.36 bits per heavy atom. The van der Waals surface area contributed by atoms with E-state index in [1.165, 1.54) is 5.56 Å². The number of ether oxygens (including phenoxy) is 2. The molecule has 0 atom stereocenters. The molecule has 25 heavy (non-hydrogen) atoms. The molecule has 1 aromatic carbocycles. The second-order valence-corrected chi connectivity index (χ2v) is 7.19. The van der Waals surface area contributed by atoms with Crippen molar-refractivity contribution in [2.24, 2.45) is 10.4 Å². The lowest BCUT2D eigenvalue weighted by Gasteiger charge is -2.29. The molecule has 6 heteroatoms. The minimum absolute atomic E-state index is 0.171. The van der Waals surface area contributed by atoms with Crippen LogP contribution in [-0.2, 0) is 6.42 Å². The van der Waals surface area contributed by atoms with Gasteiger partial charge in [0.2, 0.25) is 0 Å². The number of hydrogen-bond acceptors (Lipinski definition) is 4. The summed E-state index contributed by atoms with van der Waals surface area (Å²) >= 11 is 0. The van der Waals surface area contributed by atoms with E-state index in [1.807, 2.05) is 12.1 Å². The van der Waals surface area contributed by atoms with Crippen LogP contribution in [0, 0.1) is 5.41 Å². The van der Waals surface area contributed by atoms with Gasteiger partial charge in [0.05, 0.1) is 14.2 Å². The molecule has 0 unspecified atom stereocenters. The van der Waals surface area contributed by atoms with Crippen molar-refractivity contribution in [3.05, 3.63) is 23.8 Å². The molecule has 0 saturated heterocycles. The number of hydrogen-bond donors (Lipinski definition) is 2. The van der Waals surface area contributed by atoms with Gasteiger partial charge in [-0.05, 0) is 43.6 Å². The molecule has 0 amide bonds. The van der Waals surface area contributed by atoms with Gasteiger partial charge in [-0.2, -0.15) is 0 Å². The van der Waals surface area contributed by atoms with Crippen molar-refractivity contribution in [3.63, 3.8) is 0 Å². The van der Waals surface area contributed by atoms with E-state index in [-0.39, 0.29) is 5.41 Å². The largest absolute Gasteiger partial charge is 0.493 e. The fourth-order valence-corrected chi connectivity index (χ4v) is 2.82. The van der Waals surface area contributed by atoms with Crippen LogP contribution >= 0.6 is 0 Å². The summed E-state index contributed by atoms with van der Waals surface area (Å²) in [7, 11) is 9.29. The van der Waals surface area contributed by atoms with Crippen LogP contribution in [0.2, 0.25) is 0 Å². The van der Waals surface area contributed by atoms with Crippen LogP contribution in [0.5, 0.6) is 11.5 Å². The quantitative estimate of drug-likeness (QED) is 0.527. The third-order valence-electron chi connectivity index (χ3n) is 3.86. The van der Waals surface area contributed by atoms with Crippen LogP contribution in [0.4, 0.5) is 0 Å². The highest BCUT2D eigenvalue weighted by Gasteiger charge is 2.19. The summed E-state index contributed by atoms with van der Waals surface area (Å²) in [6, 6.07) is 6.00. The Balaban J connectivity index is 2.48. The Kier molecular flexibility index (Phi) is 8.55. The summed E-state index contributed by atoms with van der Waals surface area (Å²) in [6.45, 7) is 7.17. The molecule has 0 saturated carbocycles. The summed E-state index contributed by atoms with van der Waals surface area (Å²) in [5.41, 5.74) is 1.36. The molecule has 0 aliphatic carbocycles. The topological polar surface area (TPSA) is 58.1 Å². The summed E-state index contributed by atoms with van der Waals surface area (Å²) in [5, 5.41) is 6.77. The van der Waals surface area contributed by atoms with E-state index in [1.54, 1.807) is 21.3 Å². The summed E-state index contributed by atoms with van der Waals surface area (Å²) in [5.74, 6) is 2.33. The van der Waals surface area contributed by atoms with Crippen LogP contribution in [-0.4, -0.2) is 65.9 Å². The normalized spacial score (nSPS) is 12.2. The first-order valence-electron chi connectivity index (χ1n) is 8.61. The molecule has 0 fully saturated rings. The average molecular weight is 351 g/mol. The predicted octanol–water partition coefficient (Wildman–Crippen LogP) is 2.00. The molecule has 0 bridgehead atoms. The molecule has 1 rings (SSSR count). The molecule has 1 aromatic rings. The van der Waals surface area contributed by atoms with Gasteiger partial charge >= 0.3 is 0 Å². The lowest BCUT2D eigenvalue weighted by molar-refractivity contribution is 0.241. The fourth-order valence-electron chi connectivity index (χ4n) is 2.82. The van der Waals surface area contributed by atoms with Gasteiger partial charge in [0.1, 0.15) is 0 Å². The summed E-state index contributed by atoms with van der Waals surface area (Å²) in [6.07, 6.45) is 0.877. The molecule has 6 nitrogen and oxygen atoms in total. The predicted molar refractivity (Wildman–Crippen MR) is 105 cm³/mol. The number of rotatable bonds is 9. The van der Waals surface area contributed by atoms with Gasteiger partial charge in [0, 0.05) is 26.7 Å². The standard InChI is InChI=1S/C19H34N4O2/c1-19(2,14-23(4)5)13-22-18(20-3)21-11-10-15-8-9-16(24-6)17(12-15)25-7/h8-9,12H,10-11,13-14H2,1-7H3,(H2,20,21,22). The first-order chi connectivity index (χ1) is 11.8. The van der Waals surface area contributed by atoms with Crippen LogP contribution in [0.25, 0.3) is 0 Å².